The first-order valence-corrected chi connectivity index (χ1v) is 9.58. The Morgan fingerprint density at radius 2 is 1.81 bits per heavy atom. The fourth-order valence-electron chi connectivity index (χ4n) is 2.99. The van der Waals surface area contributed by atoms with Crippen molar-refractivity contribution in [3.63, 3.8) is 0 Å². The number of nitrogens with zero attached hydrogens (tertiary/aromatic N) is 1. The van der Waals surface area contributed by atoms with Crippen LogP contribution in [0.5, 0.6) is 23.1 Å². The molecule has 158 valence electrons. The minimum atomic E-state index is -0.317. The van der Waals surface area contributed by atoms with E-state index in [0.29, 0.717) is 29.4 Å². The molecule has 1 amide bonds. The number of esters is 1. The molecule has 1 aliphatic rings. The maximum absolute atomic E-state index is 12.7. The predicted octanol–water partition coefficient (Wildman–Crippen LogP) is 3.25. The highest BCUT2D eigenvalue weighted by atomic mass is 16.7. The van der Waals surface area contributed by atoms with Crippen LogP contribution in [0.15, 0.2) is 60.8 Å². The quantitative estimate of drug-likeness (QED) is 0.586. The molecule has 1 aliphatic heterocycles. The van der Waals surface area contributed by atoms with Crippen molar-refractivity contribution < 1.29 is 28.5 Å². The third-order valence-electron chi connectivity index (χ3n) is 4.63. The number of carbonyl (C=O) groups excluding carboxylic acids is 2. The fourth-order valence-corrected chi connectivity index (χ4v) is 2.99. The van der Waals surface area contributed by atoms with Gasteiger partial charge in [-0.1, -0.05) is 24.3 Å². The molecular formula is C23H20N2O6. The summed E-state index contributed by atoms with van der Waals surface area (Å²) in [5, 5.41) is 2.86. The molecule has 0 fully saturated rings. The van der Waals surface area contributed by atoms with Crippen LogP contribution in [0.2, 0.25) is 0 Å². The van der Waals surface area contributed by atoms with Crippen molar-refractivity contribution in [3.8, 4) is 23.1 Å². The van der Waals surface area contributed by atoms with E-state index < -0.39 is 0 Å². The van der Waals surface area contributed by atoms with Crippen molar-refractivity contribution in [1.29, 1.82) is 0 Å². The van der Waals surface area contributed by atoms with Gasteiger partial charge in [0.15, 0.2) is 11.5 Å². The Kier molecular flexibility index (Phi) is 5.98. The number of nitrogens with one attached hydrogen (secondary N) is 1. The standard InChI is InChI=1S/C23H20N2O6/c1-28-21(26)11-15-4-6-16(7-5-15)13-25-22(27)18-3-2-10-24-23(18)31-17-8-9-19-20(12-17)30-14-29-19/h2-10,12H,11,13-14H2,1H3,(H,25,27). The van der Waals surface area contributed by atoms with Crippen molar-refractivity contribution in [2.75, 3.05) is 13.9 Å². The van der Waals surface area contributed by atoms with Gasteiger partial charge >= 0.3 is 5.97 Å². The van der Waals surface area contributed by atoms with Crippen LogP contribution >= 0.6 is 0 Å². The van der Waals surface area contributed by atoms with E-state index >= 15 is 0 Å². The highest BCUT2D eigenvalue weighted by Gasteiger charge is 2.17. The van der Waals surface area contributed by atoms with Gasteiger partial charge in [-0.3, -0.25) is 9.59 Å². The Hall–Kier alpha value is -4.07. The minimum Gasteiger partial charge on any atom is -0.469 e. The first-order chi connectivity index (χ1) is 15.1. The van der Waals surface area contributed by atoms with Gasteiger partial charge in [0.25, 0.3) is 5.91 Å². The Bertz CT molecular complexity index is 1100. The van der Waals surface area contributed by atoms with Crippen LogP contribution in [0.4, 0.5) is 0 Å². The Balaban J connectivity index is 1.40. The zero-order valence-corrected chi connectivity index (χ0v) is 16.8. The summed E-state index contributed by atoms with van der Waals surface area (Å²) >= 11 is 0. The molecule has 0 saturated heterocycles. The number of hydrogen-bond acceptors (Lipinski definition) is 7. The molecule has 4 rings (SSSR count). The zero-order valence-electron chi connectivity index (χ0n) is 16.8. The lowest BCUT2D eigenvalue weighted by molar-refractivity contribution is -0.139. The van der Waals surface area contributed by atoms with Crippen molar-refractivity contribution in [2.24, 2.45) is 0 Å². The molecule has 1 aromatic heterocycles. The van der Waals surface area contributed by atoms with Crippen molar-refractivity contribution in [1.82, 2.24) is 10.3 Å². The molecule has 0 spiro atoms. The zero-order chi connectivity index (χ0) is 21.6. The first kappa shape index (κ1) is 20.2. The van der Waals surface area contributed by atoms with Gasteiger partial charge in [0.1, 0.15) is 11.3 Å². The second-order valence-corrected chi connectivity index (χ2v) is 6.73. The monoisotopic (exact) mass is 420 g/mol. The number of hydrogen-bond donors (Lipinski definition) is 1. The fraction of sp³-hybridized carbons (Fsp3) is 0.174. The van der Waals surface area contributed by atoms with E-state index in [1.807, 2.05) is 24.3 Å². The highest BCUT2D eigenvalue weighted by Crippen LogP contribution is 2.36. The van der Waals surface area contributed by atoms with Gasteiger partial charge in [-0.05, 0) is 35.4 Å². The van der Waals surface area contributed by atoms with Crippen LogP contribution in [0.25, 0.3) is 0 Å². The molecule has 0 bridgehead atoms. The molecule has 8 nitrogen and oxygen atoms in total. The molecule has 1 N–H and O–H groups in total. The molecule has 0 saturated carbocycles. The number of fused-ring (bicyclic) bond motifs is 1. The smallest absolute Gasteiger partial charge is 0.309 e. The second-order valence-electron chi connectivity index (χ2n) is 6.73. The van der Waals surface area contributed by atoms with Crippen molar-refractivity contribution in [3.05, 3.63) is 77.5 Å². The Morgan fingerprint density at radius 3 is 2.61 bits per heavy atom. The molecule has 31 heavy (non-hydrogen) atoms. The van der Waals surface area contributed by atoms with Gasteiger partial charge in [0.2, 0.25) is 12.7 Å². The SMILES string of the molecule is COC(=O)Cc1ccc(CNC(=O)c2cccnc2Oc2ccc3c(c2)OCO3)cc1. The van der Waals surface area contributed by atoms with Gasteiger partial charge in [0.05, 0.1) is 13.5 Å². The third-order valence-corrected chi connectivity index (χ3v) is 4.63. The molecule has 3 aromatic rings. The number of methoxy groups -OCH3 is 1. The first-order valence-electron chi connectivity index (χ1n) is 9.58. The molecule has 2 aromatic carbocycles. The van der Waals surface area contributed by atoms with E-state index in [4.69, 9.17) is 14.2 Å². The summed E-state index contributed by atoms with van der Waals surface area (Å²) in [6.45, 7) is 0.482. The van der Waals surface area contributed by atoms with Gasteiger partial charge in [-0.25, -0.2) is 4.98 Å². The van der Waals surface area contributed by atoms with E-state index in [0.717, 1.165) is 11.1 Å². The summed E-state index contributed by atoms with van der Waals surface area (Å²) in [5.41, 5.74) is 2.04. The lowest BCUT2D eigenvalue weighted by Crippen LogP contribution is -2.23. The van der Waals surface area contributed by atoms with Gasteiger partial charge in [-0.15, -0.1) is 0 Å². The van der Waals surface area contributed by atoms with E-state index in [1.54, 1.807) is 36.5 Å². The molecule has 0 radical (unpaired) electrons. The summed E-state index contributed by atoms with van der Waals surface area (Å²) in [5.74, 6) is 1.28. The van der Waals surface area contributed by atoms with E-state index in [2.05, 4.69) is 15.0 Å². The Labute approximate surface area is 178 Å². The van der Waals surface area contributed by atoms with E-state index in [9.17, 15) is 9.59 Å². The summed E-state index contributed by atoms with van der Waals surface area (Å²) in [7, 11) is 1.36. The Morgan fingerprint density at radius 1 is 1.03 bits per heavy atom. The number of pyridine rings is 1. The summed E-state index contributed by atoms with van der Waals surface area (Å²) < 4.78 is 21.1. The molecule has 8 heteroatoms. The lowest BCUT2D eigenvalue weighted by atomic mass is 10.1. The molecule has 0 atom stereocenters. The maximum atomic E-state index is 12.7. The number of rotatable bonds is 7. The summed E-state index contributed by atoms with van der Waals surface area (Å²) in [4.78, 5) is 28.3. The minimum absolute atomic E-state index is 0.166. The normalized spacial score (nSPS) is 11.6. The molecular weight excluding hydrogens is 400 g/mol. The number of ether oxygens (including phenoxy) is 4. The van der Waals surface area contributed by atoms with Crippen LogP contribution in [0.3, 0.4) is 0 Å². The average molecular weight is 420 g/mol. The highest BCUT2D eigenvalue weighted by molar-refractivity contribution is 5.96. The largest absolute Gasteiger partial charge is 0.469 e. The van der Waals surface area contributed by atoms with E-state index in [1.165, 1.54) is 7.11 Å². The van der Waals surface area contributed by atoms with Gasteiger partial charge in [-0.2, -0.15) is 0 Å². The van der Waals surface area contributed by atoms with E-state index in [-0.39, 0.29) is 31.0 Å². The van der Waals surface area contributed by atoms with Crippen LogP contribution in [0, 0.1) is 0 Å². The third kappa shape index (κ3) is 4.92. The maximum Gasteiger partial charge on any atom is 0.309 e. The number of carbonyl (C=O) groups is 2. The summed E-state index contributed by atoms with van der Waals surface area (Å²) in [6, 6.07) is 15.8. The molecule has 0 aliphatic carbocycles. The van der Waals surface area contributed by atoms with Crippen molar-refractivity contribution >= 4 is 11.9 Å². The lowest BCUT2D eigenvalue weighted by Gasteiger charge is -2.11. The predicted molar refractivity (Wildman–Crippen MR) is 110 cm³/mol. The second kappa shape index (κ2) is 9.17. The molecule has 2 heterocycles. The average Bonchev–Trinajstić information content (AvgIpc) is 3.26. The van der Waals surface area contributed by atoms with Crippen LogP contribution in [0.1, 0.15) is 21.5 Å². The van der Waals surface area contributed by atoms with Crippen LogP contribution in [-0.2, 0) is 22.5 Å². The summed E-state index contributed by atoms with van der Waals surface area (Å²) in [6.07, 6.45) is 1.76. The number of benzene rings is 2. The topological polar surface area (TPSA) is 96.0 Å². The van der Waals surface area contributed by atoms with Crippen LogP contribution < -0.4 is 19.5 Å². The van der Waals surface area contributed by atoms with Gasteiger partial charge in [0, 0.05) is 18.8 Å². The molecule has 0 unspecified atom stereocenters. The van der Waals surface area contributed by atoms with Crippen LogP contribution in [-0.4, -0.2) is 30.8 Å². The number of aromatic nitrogens is 1. The van der Waals surface area contributed by atoms with Gasteiger partial charge < -0.3 is 24.3 Å². The van der Waals surface area contributed by atoms with Crippen molar-refractivity contribution in [2.45, 2.75) is 13.0 Å². The number of amides is 1.